The molecule has 1 saturated carbocycles. The Hall–Kier alpha value is -1.98. The molecule has 0 radical (unpaired) electrons. The van der Waals surface area contributed by atoms with Crippen molar-refractivity contribution >= 4 is 38.3 Å². The fourth-order valence-electron chi connectivity index (χ4n) is 2.52. The minimum Gasteiger partial charge on any atom is -0.475 e. The summed E-state index contributed by atoms with van der Waals surface area (Å²) in [6.45, 7) is 8.91. The lowest BCUT2D eigenvalue weighted by atomic mass is 10.1. The Balaban J connectivity index is 1.97. The molecule has 1 aliphatic rings. The highest BCUT2D eigenvalue weighted by Gasteiger charge is 2.56. The molecule has 0 atom stereocenters. The number of thiazole rings is 1. The van der Waals surface area contributed by atoms with Gasteiger partial charge in [0.05, 0.1) is 5.70 Å². The molecule has 1 fully saturated rings. The van der Waals surface area contributed by atoms with Crippen LogP contribution in [0.2, 0.25) is 0 Å². The second kappa shape index (κ2) is 8.18. The summed E-state index contributed by atoms with van der Waals surface area (Å²) in [5.74, 6) is -0.745. The lowest BCUT2D eigenvalue weighted by Gasteiger charge is -2.30. The number of sulfonamides is 1. The maximum atomic E-state index is 12.6. The number of hydrogen-bond acceptors (Lipinski definition) is 8. The maximum Gasteiger partial charge on any atom is 0.258 e. The molecular weight excluding hydrogens is 404 g/mol. The number of rotatable bonds is 10. The molecule has 1 aromatic heterocycles. The summed E-state index contributed by atoms with van der Waals surface area (Å²) < 4.78 is 37.4. The molecule has 0 unspecified atom stereocenters. The van der Waals surface area contributed by atoms with Crippen molar-refractivity contribution in [3.8, 4) is 0 Å². The Morgan fingerprint density at radius 2 is 2.14 bits per heavy atom. The van der Waals surface area contributed by atoms with Crippen molar-refractivity contribution in [1.82, 2.24) is 9.88 Å². The van der Waals surface area contributed by atoms with Crippen LogP contribution in [0.1, 0.15) is 33.6 Å². The third kappa shape index (κ3) is 4.70. The van der Waals surface area contributed by atoms with Gasteiger partial charge in [0, 0.05) is 25.2 Å². The number of anilines is 1. The first-order valence-electron chi connectivity index (χ1n) is 8.70. The molecule has 0 saturated heterocycles. The van der Waals surface area contributed by atoms with E-state index in [0.29, 0.717) is 19.4 Å². The lowest BCUT2D eigenvalue weighted by Crippen LogP contribution is -2.46. The number of likely N-dealkylation sites (N-methyl/N-ethyl adjacent to an activating group) is 1. The number of hydrogen-bond donors (Lipinski definition) is 2. The number of nitrogens with zero attached hydrogens (tertiary/aromatic N) is 2. The van der Waals surface area contributed by atoms with Gasteiger partial charge in [-0.05, 0) is 33.6 Å². The van der Waals surface area contributed by atoms with Crippen LogP contribution >= 0.6 is 11.3 Å². The fourth-order valence-corrected chi connectivity index (χ4v) is 4.76. The molecule has 1 heterocycles. The van der Waals surface area contributed by atoms with Crippen LogP contribution < -0.4 is 4.72 Å². The second-order valence-corrected chi connectivity index (χ2v) is 9.97. The van der Waals surface area contributed by atoms with E-state index >= 15 is 0 Å². The summed E-state index contributed by atoms with van der Waals surface area (Å²) in [4.78, 5) is 17.6. The average molecular weight is 431 g/mol. The summed E-state index contributed by atoms with van der Waals surface area (Å²) in [6, 6.07) is 0. The van der Waals surface area contributed by atoms with Gasteiger partial charge in [-0.2, -0.15) is 0 Å². The predicted molar refractivity (Wildman–Crippen MR) is 108 cm³/mol. The highest BCUT2D eigenvalue weighted by molar-refractivity contribution is 7.94. The van der Waals surface area contributed by atoms with Crippen molar-refractivity contribution in [3.63, 3.8) is 0 Å². The largest absolute Gasteiger partial charge is 0.475 e. The zero-order valence-corrected chi connectivity index (χ0v) is 18.1. The van der Waals surface area contributed by atoms with Gasteiger partial charge in [-0.1, -0.05) is 6.58 Å². The Morgan fingerprint density at radius 3 is 2.64 bits per heavy atom. The molecule has 0 spiro atoms. The summed E-state index contributed by atoms with van der Waals surface area (Å²) >= 11 is 1.18. The predicted octanol–water partition coefficient (Wildman–Crippen LogP) is 2.20. The van der Waals surface area contributed by atoms with Gasteiger partial charge in [0.2, 0.25) is 15.9 Å². The Bertz CT molecular complexity index is 845. The molecule has 28 heavy (non-hydrogen) atoms. The van der Waals surface area contributed by atoms with Gasteiger partial charge in [0.15, 0.2) is 5.13 Å². The van der Waals surface area contributed by atoms with Crippen LogP contribution in [-0.4, -0.2) is 60.7 Å². The standard InChI is InChI=1S/C17H26N4O5S2/c1-6-26-16(3,4)14(22)21(5)12(2)13(18)25-11-17(7-8-17)28(23,24)20-15-19-9-10-27-15/h9-10,18H,2,6-8,11H2,1,3-5H3,(H,19,20). The summed E-state index contributed by atoms with van der Waals surface area (Å²) in [7, 11) is -2.24. The number of ether oxygens (including phenoxy) is 2. The number of aromatic nitrogens is 1. The van der Waals surface area contributed by atoms with E-state index in [1.807, 2.05) is 0 Å². The normalized spacial score (nSPS) is 15.6. The van der Waals surface area contributed by atoms with E-state index in [9.17, 15) is 13.2 Å². The maximum absolute atomic E-state index is 12.6. The van der Waals surface area contributed by atoms with Crippen molar-refractivity contribution in [2.45, 2.75) is 44.0 Å². The smallest absolute Gasteiger partial charge is 0.258 e. The number of carbonyl (C=O) groups excluding carboxylic acids is 1. The monoisotopic (exact) mass is 430 g/mol. The third-order valence-corrected chi connectivity index (χ3v) is 7.45. The molecule has 1 aliphatic carbocycles. The Morgan fingerprint density at radius 1 is 1.50 bits per heavy atom. The summed E-state index contributed by atoms with van der Waals surface area (Å²) in [5.41, 5.74) is -1.05. The average Bonchev–Trinajstić information content (AvgIpc) is 3.28. The molecular formula is C17H26N4O5S2. The van der Waals surface area contributed by atoms with Crippen LogP contribution in [0.15, 0.2) is 23.9 Å². The van der Waals surface area contributed by atoms with Crippen molar-refractivity contribution in [2.75, 3.05) is 25.0 Å². The van der Waals surface area contributed by atoms with Crippen molar-refractivity contribution in [1.29, 1.82) is 5.41 Å². The van der Waals surface area contributed by atoms with Crippen LogP contribution in [0.4, 0.5) is 5.13 Å². The minimum absolute atomic E-state index is 0.0267. The molecule has 9 nitrogen and oxygen atoms in total. The third-order valence-electron chi connectivity index (χ3n) is 4.50. The SMILES string of the molecule is C=C(C(=N)OCC1(S(=O)(=O)Nc2nccs2)CC1)N(C)C(=O)C(C)(C)OCC. The zero-order chi connectivity index (χ0) is 21.2. The lowest BCUT2D eigenvalue weighted by molar-refractivity contribution is -0.150. The topological polar surface area (TPSA) is 122 Å². The molecule has 1 amide bonds. The molecule has 0 aromatic carbocycles. The number of carbonyl (C=O) groups is 1. The van der Waals surface area contributed by atoms with Gasteiger partial charge < -0.3 is 14.4 Å². The number of nitrogens with one attached hydrogen (secondary N) is 2. The first kappa shape index (κ1) is 22.3. The highest BCUT2D eigenvalue weighted by Crippen LogP contribution is 2.44. The Labute approximate surface area is 169 Å². The van der Waals surface area contributed by atoms with Crippen molar-refractivity contribution < 1.29 is 22.7 Å². The number of amides is 1. The van der Waals surface area contributed by atoms with Crippen molar-refractivity contribution in [2.24, 2.45) is 0 Å². The van der Waals surface area contributed by atoms with E-state index in [1.165, 1.54) is 29.5 Å². The minimum atomic E-state index is -3.71. The van der Waals surface area contributed by atoms with Gasteiger partial charge >= 0.3 is 0 Å². The van der Waals surface area contributed by atoms with Crippen LogP contribution in [0.5, 0.6) is 0 Å². The zero-order valence-electron chi connectivity index (χ0n) is 16.4. The van der Waals surface area contributed by atoms with E-state index in [4.69, 9.17) is 14.9 Å². The van der Waals surface area contributed by atoms with Crippen molar-refractivity contribution in [3.05, 3.63) is 23.9 Å². The quantitative estimate of drug-likeness (QED) is 0.433. The van der Waals surface area contributed by atoms with E-state index < -0.39 is 20.4 Å². The van der Waals surface area contributed by atoms with E-state index in [-0.39, 0.29) is 29.2 Å². The molecule has 11 heteroatoms. The highest BCUT2D eigenvalue weighted by atomic mass is 32.2. The first-order valence-corrected chi connectivity index (χ1v) is 11.1. The molecule has 1 aromatic rings. The van der Waals surface area contributed by atoms with E-state index in [1.54, 1.807) is 26.2 Å². The molecule has 0 aliphatic heterocycles. The van der Waals surface area contributed by atoms with Crippen LogP contribution in [0.25, 0.3) is 0 Å². The molecule has 156 valence electrons. The van der Waals surface area contributed by atoms with Gasteiger partial charge in [-0.15, -0.1) is 11.3 Å². The van der Waals surface area contributed by atoms with Gasteiger partial charge in [0.1, 0.15) is 17.0 Å². The van der Waals surface area contributed by atoms with E-state index in [0.717, 1.165) is 0 Å². The van der Waals surface area contributed by atoms with Crippen LogP contribution in [-0.2, 0) is 24.3 Å². The van der Waals surface area contributed by atoms with Gasteiger partial charge in [0.25, 0.3) is 5.91 Å². The van der Waals surface area contributed by atoms with Gasteiger partial charge in [-0.25, -0.2) is 13.4 Å². The molecule has 2 N–H and O–H groups in total. The second-order valence-electron chi connectivity index (χ2n) is 7.00. The van der Waals surface area contributed by atoms with Crippen LogP contribution in [0.3, 0.4) is 0 Å². The molecule has 2 rings (SSSR count). The van der Waals surface area contributed by atoms with Gasteiger partial charge in [-0.3, -0.25) is 14.9 Å². The van der Waals surface area contributed by atoms with E-state index in [2.05, 4.69) is 16.3 Å². The van der Waals surface area contributed by atoms with Crippen LogP contribution in [0, 0.1) is 5.41 Å². The summed E-state index contributed by atoms with van der Waals surface area (Å²) in [6.07, 6.45) is 2.34. The first-order chi connectivity index (χ1) is 13.0. The fraction of sp³-hybridized carbons (Fsp3) is 0.588. The molecule has 0 bridgehead atoms. The summed E-state index contributed by atoms with van der Waals surface area (Å²) in [5, 5.41) is 10.0. The Kier molecular flexibility index (Phi) is 6.51.